The van der Waals surface area contributed by atoms with Crippen molar-refractivity contribution in [2.45, 2.75) is 19.3 Å². The maximum Gasteiger partial charge on any atom is 0.0688 e. The molecule has 1 aromatic heterocycles. The summed E-state index contributed by atoms with van der Waals surface area (Å²) in [5.41, 5.74) is 13.1. The first-order valence-corrected chi connectivity index (χ1v) is 18.0. The Kier molecular flexibility index (Phi) is 7.37. The third-order valence-corrected chi connectivity index (χ3v) is 11.5. The zero-order valence-corrected chi connectivity index (χ0v) is 28.9. The number of fused-ring (bicyclic) bond motifs is 4. The van der Waals surface area contributed by atoms with Gasteiger partial charge in [0.1, 0.15) is 0 Å². The second kappa shape index (κ2) is 12.2. The van der Waals surface area contributed by atoms with E-state index in [0.717, 1.165) is 22.7 Å². The van der Waals surface area contributed by atoms with Gasteiger partial charge in [-0.3, -0.25) is 0 Å². The number of rotatable bonds is 6. The van der Waals surface area contributed by atoms with Gasteiger partial charge in [-0.15, -0.1) is 11.3 Å². The highest BCUT2D eigenvalue weighted by Gasteiger charge is 2.39. The van der Waals surface area contributed by atoms with Crippen LogP contribution in [-0.2, 0) is 5.41 Å². The lowest BCUT2D eigenvalue weighted by molar-refractivity contribution is 0.647. The molecule has 0 fully saturated rings. The van der Waals surface area contributed by atoms with Crippen LogP contribution in [0.4, 0.5) is 34.1 Å². The molecule has 9 rings (SSSR count). The summed E-state index contributed by atoms with van der Waals surface area (Å²) in [7, 11) is 0. The van der Waals surface area contributed by atoms with E-state index in [-0.39, 0.29) is 5.41 Å². The molecule has 0 spiro atoms. The average Bonchev–Trinajstić information content (AvgIpc) is 3.58. The summed E-state index contributed by atoms with van der Waals surface area (Å²) < 4.78 is 1.32. The molecular formula is C47H36N2S. The fourth-order valence-corrected chi connectivity index (χ4v) is 8.75. The molecule has 50 heavy (non-hydrogen) atoms. The summed E-state index contributed by atoms with van der Waals surface area (Å²) in [6.07, 6.45) is 0. The number of anilines is 6. The molecule has 0 N–H and O–H groups in total. The Bertz CT molecular complexity index is 2340. The van der Waals surface area contributed by atoms with E-state index in [9.17, 15) is 0 Å². The van der Waals surface area contributed by atoms with Crippen molar-refractivity contribution in [2.24, 2.45) is 0 Å². The Morgan fingerprint density at radius 1 is 0.460 bits per heavy atom. The van der Waals surface area contributed by atoms with Crippen LogP contribution >= 0.6 is 11.3 Å². The van der Waals surface area contributed by atoms with Crippen molar-refractivity contribution in [3.8, 4) is 22.3 Å². The molecule has 2 nitrogen and oxygen atoms in total. The van der Waals surface area contributed by atoms with Crippen molar-refractivity contribution < 1.29 is 0 Å². The Hall–Kier alpha value is -5.90. The predicted octanol–water partition coefficient (Wildman–Crippen LogP) is 13.8. The lowest BCUT2D eigenvalue weighted by atomic mass is 9.78. The first-order chi connectivity index (χ1) is 24.6. The van der Waals surface area contributed by atoms with Crippen molar-refractivity contribution in [3.63, 3.8) is 0 Å². The Morgan fingerprint density at radius 2 is 0.920 bits per heavy atom. The van der Waals surface area contributed by atoms with E-state index in [2.05, 4.69) is 206 Å². The SMILES string of the molecule is CC1(C)c2ccccc2N(c2ccc(N(c3ccc(-c4ccccc4)cc3)c3ccc(-c4ccccc4)cc3)cc2)c2c1sc1ccccc21. The number of para-hydroxylation sites is 1. The fraction of sp³-hybridized carbons (Fsp3) is 0.0638. The highest BCUT2D eigenvalue weighted by atomic mass is 32.1. The summed E-state index contributed by atoms with van der Waals surface area (Å²) in [4.78, 5) is 6.23. The van der Waals surface area contributed by atoms with Crippen LogP contribution < -0.4 is 9.80 Å². The van der Waals surface area contributed by atoms with Crippen LogP contribution in [0.15, 0.2) is 182 Å². The topological polar surface area (TPSA) is 6.48 Å². The van der Waals surface area contributed by atoms with Gasteiger partial charge in [-0.2, -0.15) is 0 Å². The third kappa shape index (κ3) is 5.10. The lowest BCUT2D eigenvalue weighted by Gasteiger charge is -2.40. The van der Waals surface area contributed by atoms with Gasteiger partial charge in [-0.25, -0.2) is 0 Å². The molecule has 0 unspecified atom stereocenters. The summed E-state index contributed by atoms with van der Waals surface area (Å²) in [5, 5.41) is 1.30. The number of nitrogens with zero attached hydrogens (tertiary/aromatic N) is 2. The first kappa shape index (κ1) is 30.2. The normalized spacial score (nSPS) is 13.1. The van der Waals surface area contributed by atoms with Crippen LogP contribution in [0.3, 0.4) is 0 Å². The van der Waals surface area contributed by atoms with E-state index in [4.69, 9.17) is 0 Å². The Morgan fingerprint density at radius 3 is 1.50 bits per heavy atom. The molecule has 0 atom stereocenters. The van der Waals surface area contributed by atoms with Gasteiger partial charge in [0.2, 0.25) is 0 Å². The number of hydrogen-bond acceptors (Lipinski definition) is 3. The quantitative estimate of drug-likeness (QED) is 0.175. The van der Waals surface area contributed by atoms with Crippen molar-refractivity contribution in [1.29, 1.82) is 0 Å². The lowest BCUT2D eigenvalue weighted by Crippen LogP contribution is -2.29. The molecule has 0 radical (unpaired) electrons. The molecule has 0 saturated carbocycles. The van der Waals surface area contributed by atoms with Crippen LogP contribution in [0.2, 0.25) is 0 Å². The van der Waals surface area contributed by atoms with Crippen LogP contribution in [-0.4, -0.2) is 0 Å². The minimum Gasteiger partial charge on any atom is -0.311 e. The van der Waals surface area contributed by atoms with Crippen LogP contribution in [0.5, 0.6) is 0 Å². The van der Waals surface area contributed by atoms with E-state index in [0.29, 0.717) is 0 Å². The van der Waals surface area contributed by atoms with E-state index in [1.807, 2.05) is 11.3 Å². The molecule has 0 amide bonds. The maximum absolute atomic E-state index is 2.48. The van der Waals surface area contributed by atoms with E-state index in [1.165, 1.54) is 54.2 Å². The molecule has 0 bridgehead atoms. The average molecular weight is 661 g/mol. The van der Waals surface area contributed by atoms with Crippen molar-refractivity contribution in [2.75, 3.05) is 9.80 Å². The fourth-order valence-electron chi connectivity index (χ4n) is 7.45. The van der Waals surface area contributed by atoms with Crippen molar-refractivity contribution in [1.82, 2.24) is 0 Å². The van der Waals surface area contributed by atoms with Gasteiger partial charge in [0.25, 0.3) is 0 Å². The number of thiophene rings is 1. The maximum atomic E-state index is 2.48. The van der Waals surface area contributed by atoms with Gasteiger partial charge in [-0.1, -0.05) is 135 Å². The highest BCUT2D eigenvalue weighted by Crippen LogP contribution is 2.57. The van der Waals surface area contributed by atoms with Gasteiger partial charge in [-0.05, 0) is 88.5 Å². The molecule has 0 aliphatic carbocycles. The van der Waals surface area contributed by atoms with E-state index in [1.54, 1.807) is 0 Å². The molecular weight excluding hydrogens is 625 g/mol. The summed E-state index contributed by atoms with van der Waals surface area (Å²) in [6.45, 7) is 4.73. The monoisotopic (exact) mass is 660 g/mol. The summed E-state index contributed by atoms with van der Waals surface area (Å²) in [6, 6.07) is 65.8. The van der Waals surface area contributed by atoms with Crippen LogP contribution in [0, 0.1) is 0 Å². The van der Waals surface area contributed by atoms with Gasteiger partial charge < -0.3 is 9.80 Å². The molecule has 3 heteroatoms. The van der Waals surface area contributed by atoms with Crippen LogP contribution in [0.25, 0.3) is 32.3 Å². The molecule has 2 heterocycles. The smallest absolute Gasteiger partial charge is 0.0688 e. The summed E-state index contributed by atoms with van der Waals surface area (Å²) >= 11 is 1.92. The minimum absolute atomic E-state index is 0.0965. The van der Waals surface area contributed by atoms with E-state index < -0.39 is 0 Å². The first-order valence-electron chi connectivity index (χ1n) is 17.2. The molecule has 0 saturated heterocycles. The molecule has 8 aromatic rings. The zero-order chi connectivity index (χ0) is 33.7. The van der Waals surface area contributed by atoms with Gasteiger partial charge in [0, 0.05) is 43.1 Å². The van der Waals surface area contributed by atoms with Gasteiger partial charge >= 0.3 is 0 Å². The Balaban J connectivity index is 1.15. The summed E-state index contributed by atoms with van der Waals surface area (Å²) in [5.74, 6) is 0. The molecule has 1 aliphatic heterocycles. The van der Waals surface area contributed by atoms with Gasteiger partial charge in [0.15, 0.2) is 0 Å². The van der Waals surface area contributed by atoms with Crippen molar-refractivity contribution in [3.05, 3.63) is 192 Å². The molecule has 240 valence electrons. The number of hydrogen-bond donors (Lipinski definition) is 0. The van der Waals surface area contributed by atoms with Gasteiger partial charge in [0.05, 0.1) is 11.4 Å². The molecule has 1 aliphatic rings. The minimum atomic E-state index is -0.0965. The largest absolute Gasteiger partial charge is 0.311 e. The molecule has 7 aromatic carbocycles. The predicted molar refractivity (Wildman–Crippen MR) is 214 cm³/mol. The van der Waals surface area contributed by atoms with E-state index >= 15 is 0 Å². The third-order valence-electron chi connectivity index (χ3n) is 10.0. The second-order valence-electron chi connectivity index (χ2n) is 13.4. The van der Waals surface area contributed by atoms with Crippen molar-refractivity contribution >= 4 is 55.5 Å². The van der Waals surface area contributed by atoms with Crippen LogP contribution in [0.1, 0.15) is 24.3 Å². The standard InChI is InChI=1S/C47H36N2S/c1-47(2)42-18-10-11-19-43(42)49(45-41-17-9-12-20-44(41)50-46(45)47)40-31-29-39(30-32-40)48(37-25-21-35(22-26-37)33-13-5-3-6-14-33)38-27-23-36(24-28-38)34-15-7-4-8-16-34/h3-32H,1-2H3. The second-order valence-corrected chi connectivity index (χ2v) is 14.5. The number of benzene rings is 7. The Labute approximate surface area is 298 Å². The zero-order valence-electron chi connectivity index (χ0n) is 28.1. The highest BCUT2D eigenvalue weighted by molar-refractivity contribution is 7.20.